The molecule has 6 rings (SSSR count). The number of pyridine rings is 1. The molecule has 1 N–H and O–H groups in total. The van der Waals surface area contributed by atoms with Gasteiger partial charge < -0.3 is 19.5 Å². The molecule has 0 radical (unpaired) electrons. The highest BCUT2D eigenvalue weighted by atomic mass is 32.1. The molecule has 1 saturated heterocycles. The molecule has 0 saturated carbocycles. The summed E-state index contributed by atoms with van der Waals surface area (Å²) >= 11 is 5.98. The first kappa shape index (κ1) is 25.8. The minimum atomic E-state index is -0.110. The summed E-state index contributed by atoms with van der Waals surface area (Å²) in [6.45, 7) is 8.74. The van der Waals surface area contributed by atoms with E-state index >= 15 is 0 Å². The SMILES string of the molecule is Cc1cccc(-n2c(C)cc(C3C(c4ccccn4)NC(=S)N3c3ccc(Oc4ccccc4)cc3)c2C)c1C. The van der Waals surface area contributed by atoms with Gasteiger partial charge in [-0.15, -0.1) is 0 Å². The predicted molar refractivity (Wildman–Crippen MR) is 166 cm³/mol. The van der Waals surface area contributed by atoms with Crippen molar-refractivity contribution in [1.29, 1.82) is 0 Å². The molecule has 6 heteroatoms. The monoisotopic (exact) mass is 544 g/mol. The number of hydrogen-bond donors (Lipinski definition) is 1. The molecule has 0 bridgehead atoms. The number of para-hydroxylation sites is 1. The maximum Gasteiger partial charge on any atom is 0.174 e. The molecule has 40 heavy (non-hydrogen) atoms. The molecule has 2 unspecified atom stereocenters. The van der Waals surface area contributed by atoms with Gasteiger partial charge in [0.25, 0.3) is 0 Å². The van der Waals surface area contributed by atoms with Gasteiger partial charge in [0.1, 0.15) is 11.5 Å². The number of ether oxygens (including phenoxy) is 1. The van der Waals surface area contributed by atoms with E-state index in [1.54, 1.807) is 0 Å². The molecule has 1 aliphatic heterocycles. The molecule has 0 aliphatic carbocycles. The van der Waals surface area contributed by atoms with Gasteiger partial charge in [0, 0.05) is 29.0 Å². The fourth-order valence-corrected chi connectivity index (χ4v) is 6.03. The zero-order valence-corrected chi connectivity index (χ0v) is 23.9. The topological polar surface area (TPSA) is 42.3 Å². The second-order valence-electron chi connectivity index (χ2n) is 10.3. The van der Waals surface area contributed by atoms with Crippen LogP contribution in [0.2, 0.25) is 0 Å². The highest BCUT2D eigenvalue weighted by molar-refractivity contribution is 7.80. The Kier molecular flexibility index (Phi) is 6.86. The van der Waals surface area contributed by atoms with Crippen molar-refractivity contribution in [2.24, 2.45) is 0 Å². The third kappa shape index (κ3) is 4.65. The van der Waals surface area contributed by atoms with Gasteiger partial charge in [-0.3, -0.25) is 4.98 Å². The highest BCUT2D eigenvalue weighted by Crippen LogP contribution is 2.44. The fourth-order valence-electron chi connectivity index (χ4n) is 5.68. The summed E-state index contributed by atoms with van der Waals surface area (Å²) in [5.41, 5.74) is 9.31. The lowest BCUT2D eigenvalue weighted by atomic mass is 9.96. The van der Waals surface area contributed by atoms with E-state index in [2.05, 4.69) is 84.9 Å². The largest absolute Gasteiger partial charge is 0.457 e. The first-order valence-corrected chi connectivity index (χ1v) is 13.9. The Morgan fingerprint density at radius 2 is 1.52 bits per heavy atom. The maximum absolute atomic E-state index is 6.05. The number of aryl methyl sites for hydroxylation is 2. The van der Waals surface area contributed by atoms with E-state index in [0.29, 0.717) is 5.11 Å². The van der Waals surface area contributed by atoms with Crippen molar-refractivity contribution in [3.05, 3.63) is 137 Å². The minimum Gasteiger partial charge on any atom is -0.457 e. The molecule has 5 nitrogen and oxygen atoms in total. The van der Waals surface area contributed by atoms with E-state index in [9.17, 15) is 0 Å². The molecule has 0 amide bonds. The van der Waals surface area contributed by atoms with E-state index in [4.69, 9.17) is 21.9 Å². The Morgan fingerprint density at radius 3 is 2.25 bits per heavy atom. The van der Waals surface area contributed by atoms with E-state index in [1.807, 2.05) is 60.8 Å². The minimum absolute atomic E-state index is 0.0895. The Labute approximate surface area is 241 Å². The Morgan fingerprint density at radius 1 is 0.800 bits per heavy atom. The number of benzene rings is 3. The number of rotatable bonds is 6. The van der Waals surface area contributed by atoms with Gasteiger partial charge in [0.2, 0.25) is 0 Å². The van der Waals surface area contributed by atoms with Gasteiger partial charge in [-0.05, 0) is 117 Å². The summed E-state index contributed by atoms with van der Waals surface area (Å²) < 4.78 is 8.42. The van der Waals surface area contributed by atoms with Crippen LogP contribution in [-0.2, 0) is 0 Å². The van der Waals surface area contributed by atoms with Crippen LogP contribution in [0.1, 0.15) is 45.9 Å². The van der Waals surface area contributed by atoms with Crippen LogP contribution in [0, 0.1) is 27.7 Å². The Bertz CT molecular complexity index is 1660. The van der Waals surface area contributed by atoms with Crippen molar-refractivity contribution in [1.82, 2.24) is 14.9 Å². The van der Waals surface area contributed by atoms with Crippen LogP contribution < -0.4 is 15.0 Å². The molecule has 3 aromatic carbocycles. The lowest BCUT2D eigenvalue weighted by Crippen LogP contribution is -2.29. The number of hydrogen-bond acceptors (Lipinski definition) is 3. The molecule has 2 aromatic heterocycles. The molecule has 2 atom stereocenters. The zero-order valence-electron chi connectivity index (χ0n) is 23.1. The van der Waals surface area contributed by atoms with Gasteiger partial charge in [0.05, 0.1) is 17.8 Å². The van der Waals surface area contributed by atoms with Crippen LogP contribution in [0.25, 0.3) is 5.69 Å². The van der Waals surface area contributed by atoms with E-state index < -0.39 is 0 Å². The smallest absolute Gasteiger partial charge is 0.174 e. The second-order valence-corrected chi connectivity index (χ2v) is 10.7. The summed E-state index contributed by atoms with van der Waals surface area (Å²) in [6, 6.07) is 32.6. The summed E-state index contributed by atoms with van der Waals surface area (Å²) in [5, 5.41) is 4.27. The first-order chi connectivity index (χ1) is 19.4. The predicted octanol–water partition coefficient (Wildman–Crippen LogP) is 8.08. The van der Waals surface area contributed by atoms with Gasteiger partial charge in [-0.1, -0.05) is 36.4 Å². The Balaban J connectivity index is 1.44. The average molecular weight is 545 g/mol. The summed E-state index contributed by atoms with van der Waals surface area (Å²) in [5.74, 6) is 1.58. The third-order valence-corrected chi connectivity index (χ3v) is 8.11. The van der Waals surface area contributed by atoms with Crippen molar-refractivity contribution < 1.29 is 4.74 Å². The van der Waals surface area contributed by atoms with Crippen molar-refractivity contribution in [3.63, 3.8) is 0 Å². The van der Waals surface area contributed by atoms with Gasteiger partial charge in [-0.25, -0.2) is 0 Å². The molecular formula is C34H32N4OS. The summed E-state index contributed by atoms with van der Waals surface area (Å²) in [7, 11) is 0. The summed E-state index contributed by atoms with van der Waals surface area (Å²) in [6.07, 6.45) is 1.84. The molecule has 200 valence electrons. The first-order valence-electron chi connectivity index (χ1n) is 13.5. The number of anilines is 1. The highest BCUT2D eigenvalue weighted by Gasteiger charge is 2.42. The van der Waals surface area contributed by atoms with E-state index in [-0.39, 0.29) is 12.1 Å². The van der Waals surface area contributed by atoms with Crippen molar-refractivity contribution in [2.75, 3.05) is 4.90 Å². The van der Waals surface area contributed by atoms with Crippen molar-refractivity contribution in [2.45, 2.75) is 39.8 Å². The van der Waals surface area contributed by atoms with Crippen molar-refractivity contribution >= 4 is 23.0 Å². The molecular weight excluding hydrogens is 512 g/mol. The lowest BCUT2D eigenvalue weighted by Gasteiger charge is -2.28. The number of thiocarbonyl (C=S) groups is 1. The van der Waals surface area contributed by atoms with E-state index in [1.165, 1.54) is 33.8 Å². The standard InChI is InChI=1S/C34H32N4OS/c1-22-11-10-15-31(24(22)3)37-23(2)21-29(25(37)4)33-32(30-14-8-9-20-35-30)36-34(40)38(33)26-16-18-28(19-17-26)39-27-12-6-5-7-13-27/h5-21,32-33H,1-4H3,(H,36,40). The van der Waals surface area contributed by atoms with Crippen LogP contribution in [0.5, 0.6) is 11.5 Å². The molecule has 1 aliphatic rings. The van der Waals surface area contributed by atoms with E-state index in [0.717, 1.165) is 22.9 Å². The van der Waals surface area contributed by atoms with Crippen LogP contribution in [0.15, 0.2) is 103 Å². The lowest BCUT2D eigenvalue weighted by molar-refractivity contribution is 0.482. The third-order valence-electron chi connectivity index (χ3n) is 7.80. The van der Waals surface area contributed by atoms with Gasteiger partial charge in [-0.2, -0.15) is 0 Å². The Hall–Kier alpha value is -4.42. The van der Waals surface area contributed by atoms with Gasteiger partial charge in [0.15, 0.2) is 5.11 Å². The van der Waals surface area contributed by atoms with Crippen LogP contribution in [-0.4, -0.2) is 14.7 Å². The maximum atomic E-state index is 6.05. The number of nitrogens with zero attached hydrogens (tertiary/aromatic N) is 3. The second kappa shape index (κ2) is 10.6. The average Bonchev–Trinajstić information content (AvgIpc) is 3.46. The zero-order chi connectivity index (χ0) is 27.8. The van der Waals surface area contributed by atoms with Gasteiger partial charge >= 0.3 is 0 Å². The normalized spacial score (nSPS) is 16.7. The molecule has 5 aromatic rings. The number of nitrogens with one attached hydrogen (secondary N) is 1. The van der Waals surface area contributed by atoms with Crippen LogP contribution in [0.3, 0.4) is 0 Å². The van der Waals surface area contributed by atoms with Crippen LogP contribution in [0.4, 0.5) is 5.69 Å². The summed E-state index contributed by atoms with van der Waals surface area (Å²) in [4.78, 5) is 6.95. The number of aromatic nitrogens is 2. The van der Waals surface area contributed by atoms with Crippen molar-refractivity contribution in [3.8, 4) is 17.2 Å². The molecule has 0 spiro atoms. The van der Waals surface area contributed by atoms with Crippen LogP contribution >= 0.6 is 12.2 Å². The molecule has 1 fully saturated rings. The fraction of sp³-hybridized carbons (Fsp3) is 0.176. The molecule has 3 heterocycles. The quantitative estimate of drug-likeness (QED) is 0.219.